The number of aromatic amines is 1. The zero-order valence-corrected chi connectivity index (χ0v) is 9.56. The molecule has 0 atom stereocenters. The third kappa shape index (κ3) is 1.97. The Hall–Kier alpha value is -1.48. The highest BCUT2D eigenvalue weighted by Gasteiger charge is 2.04. The van der Waals surface area contributed by atoms with Crippen molar-refractivity contribution < 1.29 is 0 Å². The molecule has 1 N–H and O–H groups in total. The average Bonchev–Trinajstić information content (AvgIpc) is 2.24. The summed E-state index contributed by atoms with van der Waals surface area (Å²) in [5, 5.41) is 0. The fourth-order valence-corrected chi connectivity index (χ4v) is 1.78. The molecular formula is C12H12N2S. The normalized spacial score (nSPS) is 10.3. The number of aromatic nitrogens is 2. The molecule has 1 heterocycles. The van der Waals surface area contributed by atoms with Gasteiger partial charge < -0.3 is 4.98 Å². The minimum absolute atomic E-state index is 0.671. The van der Waals surface area contributed by atoms with E-state index < -0.39 is 0 Å². The second-order valence-electron chi connectivity index (χ2n) is 3.49. The number of nitrogens with zero attached hydrogens (tertiary/aromatic N) is 1. The molecule has 2 aromatic rings. The van der Waals surface area contributed by atoms with Crippen LogP contribution >= 0.6 is 12.2 Å². The van der Waals surface area contributed by atoms with E-state index >= 15 is 0 Å². The first-order valence-corrected chi connectivity index (χ1v) is 5.22. The number of benzene rings is 1. The maximum absolute atomic E-state index is 5.20. The molecule has 1 aromatic carbocycles. The highest BCUT2D eigenvalue weighted by molar-refractivity contribution is 7.71. The van der Waals surface area contributed by atoms with Gasteiger partial charge in [-0.3, -0.25) is 0 Å². The first-order valence-electron chi connectivity index (χ1n) is 4.81. The molecule has 0 amide bonds. The first-order chi connectivity index (χ1) is 7.18. The van der Waals surface area contributed by atoms with Gasteiger partial charge >= 0.3 is 0 Å². The molecule has 0 fully saturated rings. The van der Waals surface area contributed by atoms with Crippen LogP contribution in [0.15, 0.2) is 30.3 Å². The Labute approximate surface area is 94.0 Å². The third-order valence-corrected chi connectivity index (χ3v) is 2.73. The summed E-state index contributed by atoms with van der Waals surface area (Å²) < 4.78 is 0.671. The molecule has 2 rings (SSSR count). The molecule has 1 aromatic heterocycles. The first kappa shape index (κ1) is 10.1. The molecule has 0 saturated carbocycles. The van der Waals surface area contributed by atoms with Crippen molar-refractivity contribution in [3.63, 3.8) is 0 Å². The van der Waals surface area contributed by atoms with Crippen LogP contribution in [-0.2, 0) is 0 Å². The summed E-state index contributed by atoms with van der Waals surface area (Å²) in [6.45, 7) is 3.91. The van der Waals surface area contributed by atoms with Gasteiger partial charge in [0, 0.05) is 5.56 Å². The van der Waals surface area contributed by atoms with Crippen molar-refractivity contribution in [2.24, 2.45) is 0 Å². The summed E-state index contributed by atoms with van der Waals surface area (Å²) in [5.41, 5.74) is 3.24. The van der Waals surface area contributed by atoms with E-state index in [4.69, 9.17) is 12.2 Å². The molecule has 0 aliphatic rings. The van der Waals surface area contributed by atoms with Crippen molar-refractivity contribution >= 4 is 12.2 Å². The van der Waals surface area contributed by atoms with Crippen molar-refractivity contribution in [3.05, 3.63) is 46.4 Å². The molecular weight excluding hydrogens is 204 g/mol. The minimum Gasteiger partial charge on any atom is -0.343 e. The van der Waals surface area contributed by atoms with Gasteiger partial charge in [0.1, 0.15) is 10.5 Å². The van der Waals surface area contributed by atoms with Crippen LogP contribution in [-0.4, -0.2) is 9.97 Å². The van der Waals surface area contributed by atoms with Gasteiger partial charge in [0.25, 0.3) is 0 Å². The Morgan fingerprint density at radius 1 is 1.13 bits per heavy atom. The largest absolute Gasteiger partial charge is 0.343 e. The van der Waals surface area contributed by atoms with Crippen LogP contribution in [0.4, 0.5) is 0 Å². The summed E-state index contributed by atoms with van der Waals surface area (Å²) in [5.74, 6) is 0.851. The number of hydrogen-bond donors (Lipinski definition) is 1. The van der Waals surface area contributed by atoms with E-state index in [0.717, 1.165) is 22.6 Å². The second-order valence-corrected chi connectivity index (χ2v) is 3.88. The maximum atomic E-state index is 5.20. The van der Waals surface area contributed by atoms with Gasteiger partial charge in [0.05, 0.1) is 5.69 Å². The molecule has 0 aliphatic carbocycles. The monoisotopic (exact) mass is 216 g/mol. The topological polar surface area (TPSA) is 28.7 Å². The molecule has 15 heavy (non-hydrogen) atoms. The van der Waals surface area contributed by atoms with Crippen LogP contribution in [0.25, 0.3) is 11.3 Å². The number of aryl methyl sites for hydroxylation is 1. The minimum atomic E-state index is 0.671. The summed E-state index contributed by atoms with van der Waals surface area (Å²) in [6, 6.07) is 10.2. The maximum Gasteiger partial charge on any atom is 0.133 e. The van der Waals surface area contributed by atoms with Crippen molar-refractivity contribution in [3.8, 4) is 11.3 Å². The van der Waals surface area contributed by atoms with Crippen LogP contribution in [0, 0.1) is 18.5 Å². The predicted octanol–water partition coefficient (Wildman–Crippen LogP) is 3.42. The fourth-order valence-electron chi connectivity index (χ4n) is 1.54. The van der Waals surface area contributed by atoms with Gasteiger partial charge in [0.2, 0.25) is 0 Å². The Kier molecular flexibility index (Phi) is 2.64. The van der Waals surface area contributed by atoms with Crippen molar-refractivity contribution in [2.75, 3.05) is 0 Å². The van der Waals surface area contributed by atoms with Crippen LogP contribution in [0.5, 0.6) is 0 Å². The Morgan fingerprint density at radius 3 is 2.47 bits per heavy atom. The quantitative estimate of drug-likeness (QED) is 0.740. The van der Waals surface area contributed by atoms with Gasteiger partial charge in [-0.2, -0.15) is 0 Å². The Morgan fingerprint density at radius 2 is 1.80 bits per heavy atom. The average molecular weight is 216 g/mol. The van der Waals surface area contributed by atoms with Gasteiger partial charge in [-0.1, -0.05) is 42.5 Å². The van der Waals surface area contributed by atoms with E-state index in [1.54, 1.807) is 0 Å². The fraction of sp³-hybridized carbons (Fsp3) is 0.167. The smallest absolute Gasteiger partial charge is 0.133 e. The van der Waals surface area contributed by atoms with Crippen LogP contribution in [0.3, 0.4) is 0 Å². The Balaban J connectivity index is 2.68. The number of hydrogen-bond acceptors (Lipinski definition) is 2. The predicted molar refractivity (Wildman–Crippen MR) is 64.3 cm³/mol. The SMILES string of the molecule is Cc1nc(=S)c(C)c(-c2ccccc2)[nH]1. The Bertz CT molecular complexity index is 529. The number of H-pyrrole nitrogens is 1. The second kappa shape index (κ2) is 3.95. The molecule has 2 nitrogen and oxygen atoms in total. The van der Waals surface area contributed by atoms with Gasteiger partial charge in [-0.05, 0) is 19.4 Å². The summed E-state index contributed by atoms with van der Waals surface area (Å²) in [6.07, 6.45) is 0. The van der Waals surface area contributed by atoms with Gasteiger partial charge in [-0.25, -0.2) is 4.98 Å². The zero-order valence-electron chi connectivity index (χ0n) is 8.74. The number of nitrogens with one attached hydrogen (secondary N) is 1. The van der Waals surface area contributed by atoms with E-state index in [2.05, 4.69) is 22.1 Å². The zero-order chi connectivity index (χ0) is 10.8. The van der Waals surface area contributed by atoms with Gasteiger partial charge in [-0.15, -0.1) is 0 Å². The summed E-state index contributed by atoms with van der Waals surface area (Å²) in [4.78, 5) is 7.47. The van der Waals surface area contributed by atoms with Crippen molar-refractivity contribution in [2.45, 2.75) is 13.8 Å². The molecule has 0 unspecified atom stereocenters. The summed E-state index contributed by atoms with van der Waals surface area (Å²) >= 11 is 5.20. The van der Waals surface area contributed by atoms with E-state index in [1.807, 2.05) is 32.0 Å². The van der Waals surface area contributed by atoms with Crippen LogP contribution in [0.2, 0.25) is 0 Å². The highest BCUT2D eigenvalue weighted by atomic mass is 32.1. The standard InChI is InChI=1S/C12H12N2S/c1-8-11(10-6-4-3-5-7-10)13-9(2)14-12(8)15/h3-7H,1-2H3,(H,13,14,15). The van der Waals surface area contributed by atoms with Gasteiger partial charge in [0.15, 0.2) is 0 Å². The van der Waals surface area contributed by atoms with E-state index in [0.29, 0.717) is 4.64 Å². The van der Waals surface area contributed by atoms with Crippen molar-refractivity contribution in [1.82, 2.24) is 9.97 Å². The van der Waals surface area contributed by atoms with Crippen molar-refractivity contribution in [1.29, 1.82) is 0 Å². The lowest BCUT2D eigenvalue weighted by Gasteiger charge is -2.07. The molecule has 3 heteroatoms. The molecule has 0 radical (unpaired) electrons. The lowest BCUT2D eigenvalue weighted by molar-refractivity contribution is 1.02. The highest BCUT2D eigenvalue weighted by Crippen LogP contribution is 2.20. The third-order valence-electron chi connectivity index (χ3n) is 2.33. The van der Waals surface area contributed by atoms with E-state index in [1.165, 1.54) is 0 Å². The van der Waals surface area contributed by atoms with Crippen LogP contribution < -0.4 is 0 Å². The molecule has 76 valence electrons. The molecule has 0 saturated heterocycles. The van der Waals surface area contributed by atoms with E-state index in [9.17, 15) is 0 Å². The molecule has 0 bridgehead atoms. The van der Waals surface area contributed by atoms with E-state index in [-0.39, 0.29) is 0 Å². The molecule has 0 aliphatic heterocycles. The van der Waals surface area contributed by atoms with Crippen LogP contribution in [0.1, 0.15) is 11.4 Å². The lowest BCUT2D eigenvalue weighted by atomic mass is 10.1. The molecule has 0 spiro atoms. The summed E-state index contributed by atoms with van der Waals surface area (Å²) in [7, 11) is 0. The number of rotatable bonds is 1. The lowest BCUT2D eigenvalue weighted by Crippen LogP contribution is -1.95.